The van der Waals surface area contributed by atoms with Crippen molar-refractivity contribution >= 4 is 15.7 Å². The molecule has 1 aliphatic rings. The van der Waals surface area contributed by atoms with Crippen LogP contribution in [0.5, 0.6) is 5.75 Å². The van der Waals surface area contributed by atoms with Crippen LogP contribution in [0.25, 0.3) is 4.91 Å². The van der Waals surface area contributed by atoms with E-state index in [4.69, 9.17) is 0 Å². The monoisotopic (exact) mass is 278 g/mol. The van der Waals surface area contributed by atoms with Gasteiger partial charge in [0.15, 0.2) is 0 Å². The van der Waals surface area contributed by atoms with E-state index in [1.54, 1.807) is 18.2 Å². The Morgan fingerprint density at radius 1 is 1.26 bits per heavy atom. The SMILES string of the molecule is CC(C)(C)C1=C(c2cccc(O)c2)S(=O)CC1(C)C. The molecule has 0 bridgehead atoms. The first kappa shape index (κ1) is 14.3. The van der Waals surface area contributed by atoms with Gasteiger partial charge in [0.1, 0.15) is 5.75 Å². The highest BCUT2D eigenvalue weighted by molar-refractivity contribution is 7.95. The van der Waals surface area contributed by atoms with Crippen LogP contribution in [0, 0.1) is 10.8 Å². The van der Waals surface area contributed by atoms with Gasteiger partial charge in [-0.3, -0.25) is 4.21 Å². The van der Waals surface area contributed by atoms with E-state index in [1.807, 2.05) is 6.07 Å². The Balaban J connectivity index is 2.71. The lowest BCUT2D eigenvalue weighted by Crippen LogP contribution is -2.24. The number of hydrogen-bond donors (Lipinski definition) is 1. The van der Waals surface area contributed by atoms with Crippen molar-refractivity contribution < 1.29 is 9.32 Å². The number of hydrogen-bond acceptors (Lipinski definition) is 2. The lowest BCUT2D eigenvalue weighted by Gasteiger charge is -2.32. The summed E-state index contributed by atoms with van der Waals surface area (Å²) in [6.07, 6.45) is 0. The molecule has 0 aliphatic carbocycles. The van der Waals surface area contributed by atoms with Crippen LogP contribution >= 0.6 is 0 Å². The van der Waals surface area contributed by atoms with Crippen LogP contribution in [0.3, 0.4) is 0 Å². The van der Waals surface area contributed by atoms with E-state index >= 15 is 0 Å². The molecule has 19 heavy (non-hydrogen) atoms. The first-order valence-corrected chi connectivity index (χ1v) is 7.88. The van der Waals surface area contributed by atoms with Gasteiger partial charge in [0.25, 0.3) is 0 Å². The first-order valence-electron chi connectivity index (χ1n) is 6.56. The summed E-state index contributed by atoms with van der Waals surface area (Å²) in [5.41, 5.74) is 2.03. The van der Waals surface area contributed by atoms with Gasteiger partial charge in [0.2, 0.25) is 0 Å². The summed E-state index contributed by atoms with van der Waals surface area (Å²) in [5.74, 6) is 0.880. The van der Waals surface area contributed by atoms with Gasteiger partial charge in [0, 0.05) is 10.7 Å². The van der Waals surface area contributed by atoms with Gasteiger partial charge in [-0.25, -0.2) is 0 Å². The van der Waals surface area contributed by atoms with Gasteiger partial charge in [0.05, 0.1) is 10.8 Å². The Morgan fingerprint density at radius 2 is 1.89 bits per heavy atom. The lowest BCUT2D eigenvalue weighted by molar-refractivity contribution is 0.375. The molecular formula is C16H22O2S. The van der Waals surface area contributed by atoms with Gasteiger partial charge in [-0.2, -0.15) is 0 Å². The predicted octanol–water partition coefficient (Wildman–Crippen LogP) is 3.94. The van der Waals surface area contributed by atoms with Crippen LogP contribution in [0.2, 0.25) is 0 Å². The largest absolute Gasteiger partial charge is 0.508 e. The topological polar surface area (TPSA) is 37.3 Å². The van der Waals surface area contributed by atoms with Crippen LogP contribution in [0.4, 0.5) is 0 Å². The molecule has 1 unspecified atom stereocenters. The summed E-state index contributed by atoms with van der Waals surface area (Å²) in [6.45, 7) is 10.8. The van der Waals surface area contributed by atoms with Crippen molar-refractivity contribution in [1.29, 1.82) is 0 Å². The molecule has 1 atom stereocenters. The standard InChI is InChI=1S/C16H22O2S/c1-15(2,3)14-13(19(18)10-16(14,4)5)11-7-6-8-12(17)9-11/h6-9,17H,10H2,1-5H3. The minimum Gasteiger partial charge on any atom is -0.508 e. The summed E-state index contributed by atoms with van der Waals surface area (Å²) in [6, 6.07) is 7.09. The molecule has 0 aromatic heterocycles. The van der Waals surface area contributed by atoms with E-state index in [2.05, 4.69) is 34.6 Å². The highest BCUT2D eigenvalue weighted by Gasteiger charge is 2.43. The molecule has 0 saturated carbocycles. The van der Waals surface area contributed by atoms with Crippen molar-refractivity contribution in [2.45, 2.75) is 34.6 Å². The third kappa shape index (κ3) is 2.62. The zero-order valence-corrected chi connectivity index (χ0v) is 13.1. The molecular weight excluding hydrogens is 256 g/mol. The minimum atomic E-state index is -0.997. The average Bonchev–Trinajstić information content (AvgIpc) is 2.47. The fourth-order valence-electron chi connectivity index (χ4n) is 3.17. The van der Waals surface area contributed by atoms with E-state index in [-0.39, 0.29) is 16.6 Å². The number of phenols is 1. The summed E-state index contributed by atoms with van der Waals surface area (Å²) in [5, 5.41) is 9.66. The smallest absolute Gasteiger partial charge is 0.116 e. The molecule has 0 radical (unpaired) electrons. The van der Waals surface area contributed by atoms with Crippen LogP contribution in [0.15, 0.2) is 29.8 Å². The molecule has 0 saturated heterocycles. The molecule has 0 amide bonds. The molecule has 0 fully saturated rings. The van der Waals surface area contributed by atoms with Gasteiger partial charge >= 0.3 is 0 Å². The van der Waals surface area contributed by atoms with Crippen molar-refractivity contribution in [3.63, 3.8) is 0 Å². The maximum atomic E-state index is 12.5. The van der Waals surface area contributed by atoms with E-state index in [9.17, 15) is 9.32 Å². The quantitative estimate of drug-likeness (QED) is 0.845. The van der Waals surface area contributed by atoms with Gasteiger partial charge < -0.3 is 5.11 Å². The molecule has 2 rings (SSSR count). The van der Waals surface area contributed by atoms with Gasteiger partial charge in [-0.15, -0.1) is 0 Å². The first-order chi connectivity index (χ1) is 8.63. The second kappa shape index (κ2) is 4.48. The van der Waals surface area contributed by atoms with Crippen molar-refractivity contribution in [2.24, 2.45) is 10.8 Å². The number of aromatic hydroxyl groups is 1. The lowest BCUT2D eigenvalue weighted by atomic mass is 9.71. The number of rotatable bonds is 1. The molecule has 1 aliphatic heterocycles. The predicted molar refractivity (Wildman–Crippen MR) is 81.3 cm³/mol. The molecule has 1 N–H and O–H groups in total. The maximum absolute atomic E-state index is 12.5. The zero-order chi connectivity index (χ0) is 14.4. The minimum absolute atomic E-state index is 0.0313. The molecule has 1 aromatic rings. The van der Waals surface area contributed by atoms with Crippen molar-refractivity contribution in [3.8, 4) is 5.75 Å². The Hall–Kier alpha value is -1.09. The summed E-state index contributed by atoms with van der Waals surface area (Å²) >= 11 is 0. The highest BCUT2D eigenvalue weighted by Crippen LogP contribution is 2.51. The summed E-state index contributed by atoms with van der Waals surface area (Å²) < 4.78 is 12.5. The molecule has 104 valence electrons. The molecule has 1 aromatic carbocycles. The third-order valence-electron chi connectivity index (χ3n) is 3.48. The van der Waals surface area contributed by atoms with Crippen LogP contribution in [-0.4, -0.2) is 15.1 Å². The maximum Gasteiger partial charge on any atom is 0.116 e. The molecule has 0 spiro atoms. The van der Waals surface area contributed by atoms with Crippen molar-refractivity contribution in [2.75, 3.05) is 5.75 Å². The summed E-state index contributed by atoms with van der Waals surface area (Å²) in [4.78, 5) is 0.911. The van der Waals surface area contributed by atoms with Crippen LogP contribution < -0.4 is 0 Å². The van der Waals surface area contributed by atoms with Crippen molar-refractivity contribution in [1.82, 2.24) is 0 Å². The van der Waals surface area contributed by atoms with E-state index < -0.39 is 10.8 Å². The number of phenolic OH excluding ortho intramolecular Hbond substituents is 1. The Morgan fingerprint density at radius 3 is 2.42 bits per heavy atom. The second-order valence-electron chi connectivity index (χ2n) is 6.88. The fourth-order valence-corrected chi connectivity index (χ4v) is 5.32. The highest BCUT2D eigenvalue weighted by atomic mass is 32.2. The van der Waals surface area contributed by atoms with Crippen LogP contribution in [0.1, 0.15) is 40.2 Å². The zero-order valence-electron chi connectivity index (χ0n) is 12.3. The number of benzene rings is 1. The van der Waals surface area contributed by atoms with Gasteiger partial charge in [-0.05, 0) is 34.1 Å². The fraction of sp³-hybridized carbons (Fsp3) is 0.500. The normalized spacial score (nSPS) is 22.9. The van der Waals surface area contributed by atoms with Crippen LogP contribution in [-0.2, 0) is 10.8 Å². The Kier molecular flexibility index (Phi) is 3.38. The number of allylic oxidation sites excluding steroid dienone is 1. The van der Waals surface area contributed by atoms with E-state index in [1.165, 1.54) is 5.57 Å². The summed E-state index contributed by atoms with van der Waals surface area (Å²) in [7, 11) is -0.997. The average molecular weight is 278 g/mol. The van der Waals surface area contributed by atoms with E-state index in [0.29, 0.717) is 5.75 Å². The molecule has 1 heterocycles. The second-order valence-corrected chi connectivity index (χ2v) is 8.27. The molecule has 3 heteroatoms. The molecule has 2 nitrogen and oxygen atoms in total. The van der Waals surface area contributed by atoms with E-state index in [0.717, 1.165) is 10.5 Å². The Bertz CT molecular complexity index is 562. The Labute approximate surface area is 118 Å². The van der Waals surface area contributed by atoms with Crippen molar-refractivity contribution in [3.05, 3.63) is 35.4 Å². The third-order valence-corrected chi connectivity index (χ3v) is 5.36. The van der Waals surface area contributed by atoms with Gasteiger partial charge in [-0.1, -0.05) is 46.8 Å².